The molecule has 8 nitrogen and oxygen atoms in total. The monoisotopic (exact) mass is 486 g/mol. The summed E-state index contributed by atoms with van der Waals surface area (Å²) in [5.41, 5.74) is 5.30. The van der Waals surface area contributed by atoms with E-state index in [-0.39, 0.29) is 12.6 Å². The van der Waals surface area contributed by atoms with Gasteiger partial charge in [-0.2, -0.15) is 10.2 Å². The van der Waals surface area contributed by atoms with Gasteiger partial charge in [0.15, 0.2) is 6.73 Å². The van der Waals surface area contributed by atoms with Crippen molar-refractivity contribution in [1.82, 2.24) is 24.5 Å². The largest absolute Gasteiger partial charge is 0.471 e. The minimum atomic E-state index is -0.251. The van der Waals surface area contributed by atoms with Crippen molar-refractivity contribution in [2.24, 2.45) is 7.05 Å². The smallest absolute Gasteiger partial charge is 0.256 e. The van der Waals surface area contributed by atoms with E-state index in [0.717, 1.165) is 27.9 Å². The number of rotatable bonds is 6. The molecule has 0 unspecified atom stereocenters. The van der Waals surface area contributed by atoms with Crippen LogP contribution in [0.1, 0.15) is 21.7 Å². The molecule has 0 bridgehead atoms. The van der Waals surface area contributed by atoms with E-state index in [2.05, 4.69) is 15.5 Å². The van der Waals surface area contributed by atoms with Crippen LogP contribution in [0.3, 0.4) is 0 Å². The van der Waals surface area contributed by atoms with Crippen LogP contribution >= 0.6 is 11.6 Å². The molecule has 0 spiro atoms. The Balaban J connectivity index is 1.41. The van der Waals surface area contributed by atoms with Crippen LogP contribution in [0.25, 0.3) is 22.2 Å². The van der Waals surface area contributed by atoms with Crippen molar-refractivity contribution < 1.29 is 9.53 Å². The van der Waals surface area contributed by atoms with Crippen molar-refractivity contribution in [3.63, 3.8) is 0 Å². The average molecular weight is 487 g/mol. The third-order valence-electron chi connectivity index (χ3n) is 5.78. The van der Waals surface area contributed by atoms with Gasteiger partial charge in [-0.05, 0) is 44.2 Å². The highest BCUT2D eigenvalue weighted by molar-refractivity contribution is 6.30. The van der Waals surface area contributed by atoms with Crippen molar-refractivity contribution >= 4 is 34.1 Å². The molecule has 0 aliphatic carbocycles. The Hall–Kier alpha value is -4.17. The topological polar surface area (TPSA) is 86.9 Å². The van der Waals surface area contributed by atoms with E-state index >= 15 is 0 Å². The lowest BCUT2D eigenvalue weighted by atomic mass is 10.0. The molecule has 0 atom stereocenters. The van der Waals surface area contributed by atoms with E-state index in [1.54, 1.807) is 29.2 Å². The first-order valence-corrected chi connectivity index (χ1v) is 11.4. The molecule has 3 heterocycles. The standard InChI is InChI=1S/C26H23ClN6O2/c1-16-25(17(2)32(3)31-16)24-12-22(21-9-4-5-10-23(21)30-24)26(34)29-19-13-28-33(14-19)15-35-20-8-6-7-18(27)11-20/h4-14H,15H2,1-3H3,(H,29,34). The van der Waals surface area contributed by atoms with Gasteiger partial charge in [-0.25, -0.2) is 9.67 Å². The van der Waals surface area contributed by atoms with Gasteiger partial charge in [-0.1, -0.05) is 35.9 Å². The summed E-state index contributed by atoms with van der Waals surface area (Å²) < 4.78 is 9.12. The minimum Gasteiger partial charge on any atom is -0.471 e. The number of nitrogens with zero attached hydrogens (tertiary/aromatic N) is 5. The first-order valence-electron chi connectivity index (χ1n) is 11.0. The van der Waals surface area contributed by atoms with Gasteiger partial charge in [-0.15, -0.1) is 0 Å². The fourth-order valence-corrected chi connectivity index (χ4v) is 4.21. The number of carbonyl (C=O) groups is 1. The normalized spacial score (nSPS) is 11.1. The number of ether oxygens (including phenoxy) is 1. The van der Waals surface area contributed by atoms with E-state index in [9.17, 15) is 4.79 Å². The summed E-state index contributed by atoms with van der Waals surface area (Å²) in [6.45, 7) is 4.11. The predicted molar refractivity (Wildman–Crippen MR) is 136 cm³/mol. The lowest BCUT2D eigenvalue weighted by Gasteiger charge is -2.10. The molecule has 0 radical (unpaired) electrons. The highest BCUT2D eigenvalue weighted by Gasteiger charge is 2.19. The van der Waals surface area contributed by atoms with Crippen molar-refractivity contribution in [3.8, 4) is 17.0 Å². The molecule has 0 aliphatic rings. The molecular weight excluding hydrogens is 464 g/mol. The zero-order chi connectivity index (χ0) is 24.5. The van der Waals surface area contributed by atoms with Crippen molar-refractivity contribution in [1.29, 1.82) is 0 Å². The van der Waals surface area contributed by atoms with Gasteiger partial charge < -0.3 is 10.1 Å². The molecular formula is C26H23ClN6O2. The van der Waals surface area contributed by atoms with Crippen LogP contribution < -0.4 is 10.1 Å². The fraction of sp³-hybridized carbons (Fsp3) is 0.154. The number of anilines is 1. The molecule has 5 rings (SSSR count). The highest BCUT2D eigenvalue weighted by atomic mass is 35.5. The number of fused-ring (bicyclic) bond motifs is 1. The molecule has 3 aromatic heterocycles. The third-order valence-corrected chi connectivity index (χ3v) is 6.01. The number of hydrogen-bond acceptors (Lipinski definition) is 5. The maximum Gasteiger partial charge on any atom is 0.256 e. The Morgan fingerprint density at radius 2 is 1.94 bits per heavy atom. The number of amides is 1. The lowest BCUT2D eigenvalue weighted by molar-refractivity contribution is 0.102. The third kappa shape index (κ3) is 4.61. The molecule has 176 valence electrons. The fourth-order valence-electron chi connectivity index (χ4n) is 4.03. The van der Waals surface area contributed by atoms with Crippen LogP contribution in [0.4, 0.5) is 5.69 Å². The zero-order valence-corrected chi connectivity index (χ0v) is 20.2. The second-order valence-corrected chi connectivity index (χ2v) is 8.63. The SMILES string of the molecule is Cc1nn(C)c(C)c1-c1cc(C(=O)Nc2cnn(COc3cccc(Cl)c3)c2)c2ccccc2n1. The summed E-state index contributed by atoms with van der Waals surface area (Å²) >= 11 is 6.00. The molecule has 0 saturated carbocycles. The number of benzene rings is 2. The van der Waals surface area contributed by atoms with Crippen LogP contribution in [0.2, 0.25) is 5.02 Å². The maximum atomic E-state index is 13.4. The maximum absolute atomic E-state index is 13.4. The van der Waals surface area contributed by atoms with E-state index in [1.165, 1.54) is 0 Å². The van der Waals surface area contributed by atoms with Gasteiger partial charge >= 0.3 is 0 Å². The Morgan fingerprint density at radius 1 is 1.11 bits per heavy atom. The van der Waals surface area contributed by atoms with Crippen molar-refractivity contribution in [2.45, 2.75) is 20.6 Å². The highest BCUT2D eigenvalue weighted by Crippen LogP contribution is 2.29. The molecule has 0 saturated heterocycles. The van der Waals surface area contributed by atoms with Gasteiger partial charge in [0, 0.05) is 28.7 Å². The molecule has 5 aromatic rings. The molecule has 0 fully saturated rings. The lowest BCUT2D eigenvalue weighted by Crippen LogP contribution is -2.13. The van der Waals surface area contributed by atoms with Crippen molar-refractivity contribution in [2.75, 3.05) is 5.32 Å². The molecule has 2 aromatic carbocycles. The van der Waals surface area contributed by atoms with E-state index in [1.807, 2.05) is 68.0 Å². The number of halogens is 1. The number of hydrogen-bond donors (Lipinski definition) is 1. The van der Waals surface area contributed by atoms with Crippen LogP contribution in [0.15, 0.2) is 67.0 Å². The Morgan fingerprint density at radius 3 is 2.71 bits per heavy atom. The molecule has 0 aliphatic heterocycles. The van der Waals surface area contributed by atoms with Crippen molar-refractivity contribution in [3.05, 3.63) is 89.0 Å². The van der Waals surface area contributed by atoms with Crippen LogP contribution in [-0.2, 0) is 13.8 Å². The van der Waals surface area contributed by atoms with Gasteiger partial charge in [0.05, 0.1) is 40.5 Å². The summed E-state index contributed by atoms with van der Waals surface area (Å²) in [6, 6.07) is 16.6. The first kappa shape index (κ1) is 22.6. The number of para-hydroxylation sites is 1. The van der Waals surface area contributed by atoms with E-state index < -0.39 is 0 Å². The first-order chi connectivity index (χ1) is 16.9. The Labute approximate surface area is 207 Å². The second-order valence-electron chi connectivity index (χ2n) is 8.20. The number of carbonyl (C=O) groups excluding carboxylic acids is 1. The summed E-state index contributed by atoms with van der Waals surface area (Å²) in [5, 5.41) is 13.1. The average Bonchev–Trinajstić information content (AvgIpc) is 3.39. The van der Waals surface area contributed by atoms with Crippen LogP contribution in [-0.4, -0.2) is 30.5 Å². The van der Waals surface area contributed by atoms with Gasteiger partial charge in [0.25, 0.3) is 5.91 Å². The number of nitrogens with one attached hydrogen (secondary N) is 1. The quantitative estimate of drug-likeness (QED) is 0.347. The predicted octanol–water partition coefficient (Wildman–Crippen LogP) is 5.39. The second kappa shape index (κ2) is 9.23. The van der Waals surface area contributed by atoms with Crippen LogP contribution in [0, 0.1) is 13.8 Å². The minimum absolute atomic E-state index is 0.179. The summed E-state index contributed by atoms with van der Waals surface area (Å²) in [7, 11) is 1.90. The van der Waals surface area contributed by atoms with Gasteiger partial charge in [0.1, 0.15) is 5.75 Å². The van der Waals surface area contributed by atoms with E-state index in [0.29, 0.717) is 27.7 Å². The summed E-state index contributed by atoms with van der Waals surface area (Å²) in [5.74, 6) is 0.384. The molecule has 35 heavy (non-hydrogen) atoms. The Bertz CT molecular complexity index is 1560. The van der Waals surface area contributed by atoms with E-state index in [4.69, 9.17) is 21.3 Å². The summed E-state index contributed by atoms with van der Waals surface area (Å²) in [6.07, 6.45) is 3.29. The molecule has 1 amide bonds. The number of aryl methyl sites for hydroxylation is 2. The Kier molecular flexibility index (Phi) is 5.96. The zero-order valence-electron chi connectivity index (χ0n) is 19.5. The summed E-state index contributed by atoms with van der Waals surface area (Å²) in [4.78, 5) is 18.2. The number of pyridine rings is 1. The number of aromatic nitrogens is 5. The molecule has 1 N–H and O–H groups in total. The van der Waals surface area contributed by atoms with Gasteiger partial charge in [0.2, 0.25) is 0 Å². The molecule has 9 heteroatoms. The van der Waals surface area contributed by atoms with Crippen LogP contribution in [0.5, 0.6) is 5.75 Å². The van der Waals surface area contributed by atoms with Gasteiger partial charge in [-0.3, -0.25) is 9.48 Å².